The second-order valence-electron chi connectivity index (χ2n) is 4.19. The maximum atomic E-state index is 8.78. The molecule has 3 rings (SSSR count). The lowest BCUT2D eigenvalue weighted by molar-refractivity contribution is 0.568. The van der Waals surface area contributed by atoms with Crippen molar-refractivity contribution < 1.29 is 8.83 Å². The lowest BCUT2D eigenvalue weighted by Gasteiger charge is -1.98. The summed E-state index contributed by atoms with van der Waals surface area (Å²) in [5.41, 5.74) is 3.52. The maximum absolute atomic E-state index is 8.78. The Morgan fingerprint density at radius 2 is 2.14 bits per heavy atom. The standard InChI is InChI=1S/C15H9ClN4O2/c16-12-4-2-1-3-11(12)14-6-5-10(22-14)8-19-20-15-13(7-17)18-9-21-15/h1-6,8-9,20H. The fourth-order valence-corrected chi connectivity index (χ4v) is 2.02. The van der Waals surface area contributed by atoms with E-state index >= 15 is 0 Å². The number of aromatic nitrogens is 1. The average molecular weight is 313 g/mol. The van der Waals surface area contributed by atoms with Crippen molar-refractivity contribution in [2.75, 3.05) is 5.43 Å². The minimum atomic E-state index is 0.133. The molecule has 0 amide bonds. The Kier molecular flexibility index (Phi) is 3.90. The van der Waals surface area contributed by atoms with Crippen molar-refractivity contribution in [1.29, 1.82) is 5.26 Å². The lowest BCUT2D eigenvalue weighted by Crippen LogP contribution is -1.90. The fourth-order valence-electron chi connectivity index (χ4n) is 1.79. The van der Waals surface area contributed by atoms with Gasteiger partial charge in [0.05, 0.1) is 11.2 Å². The van der Waals surface area contributed by atoms with Crippen LogP contribution in [0.2, 0.25) is 5.02 Å². The molecule has 2 heterocycles. The minimum absolute atomic E-state index is 0.133. The van der Waals surface area contributed by atoms with Crippen LogP contribution in [0.1, 0.15) is 11.5 Å². The molecule has 0 aliphatic rings. The number of nitriles is 1. The molecule has 3 aromatic rings. The summed E-state index contributed by atoms with van der Waals surface area (Å²) < 4.78 is 10.6. The number of oxazole rings is 1. The van der Waals surface area contributed by atoms with Gasteiger partial charge >= 0.3 is 0 Å². The third kappa shape index (κ3) is 2.85. The van der Waals surface area contributed by atoms with Gasteiger partial charge in [-0.15, -0.1) is 0 Å². The summed E-state index contributed by atoms with van der Waals surface area (Å²) in [4.78, 5) is 3.71. The van der Waals surface area contributed by atoms with Crippen LogP contribution >= 0.6 is 11.6 Å². The van der Waals surface area contributed by atoms with Crippen LogP contribution in [-0.4, -0.2) is 11.2 Å². The first-order chi connectivity index (χ1) is 10.8. The molecular formula is C15H9ClN4O2. The van der Waals surface area contributed by atoms with Crippen molar-refractivity contribution in [1.82, 2.24) is 4.98 Å². The van der Waals surface area contributed by atoms with Gasteiger partial charge in [-0.2, -0.15) is 10.4 Å². The molecule has 6 nitrogen and oxygen atoms in total. The number of nitrogens with one attached hydrogen (secondary N) is 1. The molecule has 0 fully saturated rings. The van der Waals surface area contributed by atoms with E-state index in [-0.39, 0.29) is 11.6 Å². The van der Waals surface area contributed by atoms with Gasteiger partial charge in [-0.05, 0) is 24.3 Å². The molecule has 0 unspecified atom stereocenters. The van der Waals surface area contributed by atoms with E-state index in [0.717, 1.165) is 5.56 Å². The summed E-state index contributed by atoms with van der Waals surface area (Å²) >= 11 is 6.12. The highest BCUT2D eigenvalue weighted by atomic mass is 35.5. The fraction of sp³-hybridized carbons (Fsp3) is 0. The molecular weight excluding hydrogens is 304 g/mol. The van der Waals surface area contributed by atoms with Crippen LogP contribution in [0.4, 0.5) is 5.88 Å². The molecule has 22 heavy (non-hydrogen) atoms. The quantitative estimate of drug-likeness (QED) is 0.583. The second-order valence-corrected chi connectivity index (χ2v) is 4.60. The number of halogens is 1. The SMILES string of the molecule is N#Cc1ncoc1NN=Cc1ccc(-c2ccccc2Cl)o1. The third-order valence-corrected chi connectivity index (χ3v) is 3.13. The smallest absolute Gasteiger partial charge is 0.251 e. The van der Waals surface area contributed by atoms with E-state index in [0.29, 0.717) is 16.5 Å². The molecule has 0 saturated carbocycles. The molecule has 7 heteroatoms. The zero-order chi connectivity index (χ0) is 15.4. The normalized spacial score (nSPS) is 10.7. The summed E-state index contributed by atoms with van der Waals surface area (Å²) in [7, 11) is 0. The molecule has 108 valence electrons. The average Bonchev–Trinajstić information content (AvgIpc) is 3.17. The van der Waals surface area contributed by atoms with Gasteiger partial charge in [-0.3, -0.25) is 0 Å². The zero-order valence-electron chi connectivity index (χ0n) is 11.2. The highest BCUT2D eigenvalue weighted by Crippen LogP contribution is 2.28. The Balaban J connectivity index is 1.74. The van der Waals surface area contributed by atoms with E-state index in [2.05, 4.69) is 15.5 Å². The first-order valence-corrected chi connectivity index (χ1v) is 6.63. The van der Waals surface area contributed by atoms with Crippen molar-refractivity contribution in [3.63, 3.8) is 0 Å². The third-order valence-electron chi connectivity index (χ3n) is 2.80. The molecule has 0 bridgehead atoms. The summed E-state index contributed by atoms with van der Waals surface area (Å²) in [5, 5.41) is 13.3. The van der Waals surface area contributed by atoms with Crippen molar-refractivity contribution in [2.24, 2.45) is 5.10 Å². The second kappa shape index (κ2) is 6.16. The summed E-state index contributed by atoms with van der Waals surface area (Å²) in [5.74, 6) is 1.35. The van der Waals surface area contributed by atoms with Crippen molar-refractivity contribution >= 4 is 23.7 Å². The summed E-state index contributed by atoms with van der Waals surface area (Å²) in [6.07, 6.45) is 2.63. The largest absolute Gasteiger partial charge is 0.455 e. The number of benzene rings is 1. The minimum Gasteiger partial charge on any atom is -0.455 e. The van der Waals surface area contributed by atoms with Crippen LogP contribution in [0, 0.1) is 11.3 Å². The van der Waals surface area contributed by atoms with Crippen molar-refractivity contribution in [3.05, 3.63) is 59.3 Å². The molecule has 0 aliphatic carbocycles. The van der Waals surface area contributed by atoms with E-state index < -0.39 is 0 Å². The number of hydrogen-bond donors (Lipinski definition) is 1. The van der Waals surface area contributed by atoms with Crippen molar-refractivity contribution in [2.45, 2.75) is 0 Å². The van der Waals surface area contributed by atoms with Crippen molar-refractivity contribution in [3.8, 4) is 17.4 Å². The Bertz CT molecular complexity index is 860. The molecule has 2 aromatic heterocycles. The predicted octanol–water partition coefficient (Wildman–Crippen LogP) is 3.91. The summed E-state index contributed by atoms with van der Waals surface area (Å²) in [6.45, 7) is 0. The number of anilines is 1. The van der Waals surface area contributed by atoms with Crippen LogP contribution < -0.4 is 5.43 Å². The van der Waals surface area contributed by atoms with E-state index in [1.54, 1.807) is 18.2 Å². The molecule has 0 radical (unpaired) electrons. The van der Waals surface area contributed by atoms with Gasteiger partial charge in [0.25, 0.3) is 5.88 Å². The molecule has 0 saturated heterocycles. The Labute approximate surface area is 130 Å². The zero-order valence-corrected chi connectivity index (χ0v) is 11.9. The van der Waals surface area contributed by atoms with Gasteiger partial charge in [0, 0.05) is 5.56 Å². The van der Waals surface area contributed by atoms with Gasteiger partial charge in [-0.25, -0.2) is 10.4 Å². The van der Waals surface area contributed by atoms with Crippen LogP contribution in [0.3, 0.4) is 0 Å². The first kappa shape index (κ1) is 13.9. The number of nitrogens with zero attached hydrogens (tertiary/aromatic N) is 3. The molecule has 1 aromatic carbocycles. The molecule has 1 N–H and O–H groups in total. The monoisotopic (exact) mass is 312 g/mol. The number of rotatable bonds is 4. The molecule has 0 spiro atoms. The number of furan rings is 1. The maximum Gasteiger partial charge on any atom is 0.251 e. The van der Waals surface area contributed by atoms with E-state index in [9.17, 15) is 0 Å². The summed E-state index contributed by atoms with van der Waals surface area (Å²) in [6, 6.07) is 12.8. The van der Waals surface area contributed by atoms with Gasteiger partial charge in [0.2, 0.25) is 5.69 Å². The molecule has 0 atom stereocenters. The van der Waals surface area contributed by atoms with Gasteiger partial charge in [-0.1, -0.05) is 23.7 Å². The lowest BCUT2D eigenvalue weighted by atomic mass is 10.2. The van der Waals surface area contributed by atoms with Gasteiger partial charge < -0.3 is 8.83 Å². The molecule has 0 aliphatic heterocycles. The predicted molar refractivity (Wildman–Crippen MR) is 81.6 cm³/mol. The van der Waals surface area contributed by atoms with Crippen LogP contribution in [0.15, 0.2) is 56.7 Å². The highest BCUT2D eigenvalue weighted by molar-refractivity contribution is 6.33. The highest BCUT2D eigenvalue weighted by Gasteiger charge is 2.08. The van der Waals surface area contributed by atoms with Crippen LogP contribution in [0.25, 0.3) is 11.3 Å². The Hall–Kier alpha value is -3.04. The Morgan fingerprint density at radius 3 is 2.95 bits per heavy atom. The topological polar surface area (TPSA) is 87.4 Å². The van der Waals surface area contributed by atoms with Crippen LogP contribution in [0.5, 0.6) is 0 Å². The van der Waals surface area contributed by atoms with E-state index in [4.69, 9.17) is 25.7 Å². The Morgan fingerprint density at radius 1 is 1.27 bits per heavy atom. The number of hydrazone groups is 1. The first-order valence-electron chi connectivity index (χ1n) is 6.25. The van der Waals surface area contributed by atoms with Crippen LogP contribution in [-0.2, 0) is 0 Å². The van der Waals surface area contributed by atoms with E-state index in [1.165, 1.54) is 12.6 Å². The number of hydrogen-bond acceptors (Lipinski definition) is 6. The van der Waals surface area contributed by atoms with Gasteiger partial charge in [0.15, 0.2) is 6.39 Å². The van der Waals surface area contributed by atoms with Gasteiger partial charge in [0.1, 0.15) is 17.6 Å². The van der Waals surface area contributed by atoms with E-state index in [1.807, 2.05) is 24.3 Å².